The number of carbonyl (C=O) groups is 1. The molecule has 3 aromatic rings. The second-order valence-corrected chi connectivity index (χ2v) is 7.69. The Balaban J connectivity index is 1.46. The van der Waals surface area contributed by atoms with Gasteiger partial charge in [0.05, 0.1) is 10.9 Å². The van der Waals surface area contributed by atoms with Crippen molar-refractivity contribution >= 4 is 22.5 Å². The molecule has 0 radical (unpaired) electrons. The zero-order valence-electron chi connectivity index (χ0n) is 17.6. The number of aromatic nitrogens is 2. The fraction of sp³-hybridized carbons (Fsp3) is 0.318. The molecule has 0 bridgehead atoms. The van der Waals surface area contributed by atoms with Gasteiger partial charge in [0, 0.05) is 43.0 Å². The molecule has 1 unspecified atom stereocenters. The average molecular weight is 462 g/mol. The molecular formula is C22H21F3N4O4. The van der Waals surface area contributed by atoms with Crippen molar-refractivity contribution < 1.29 is 22.7 Å². The van der Waals surface area contributed by atoms with Crippen LogP contribution in [0.5, 0.6) is 5.75 Å². The summed E-state index contributed by atoms with van der Waals surface area (Å²) >= 11 is 0. The van der Waals surface area contributed by atoms with Crippen molar-refractivity contribution in [1.82, 2.24) is 14.9 Å². The molecule has 2 N–H and O–H groups in total. The SMILES string of the molecule is CCn1c(=O)[nH]c2cc(C(=O)NC3CCN(c4cccc(OC(F)(F)F)c4)C3)ccc2c1=O. The molecule has 8 nitrogen and oxygen atoms in total. The Hall–Kier alpha value is -3.76. The summed E-state index contributed by atoms with van der Waals surface area (Å²) in [6, 6.07) is 9.93. The number of nitrogens with zero attached hydrogens (tertiary/aromatic N) is 2. The number of hydrogen-bond acceptors (Lipinski definition) is 5. The van der Waals surface area contributed by atoms with E-state index in [0.29, 0.717) is 30.6 Å². The molecule has 1 saturated heterocycles. The largest absolute Gasteiger partial charge is 0.573 e. The topological polar surface area (TPSA) is 96.4 Å². The number of fused-ring (bicyclic) bond motifs is 1. The first-order chi connectivity index (χ1) is 15.6. The van der Waals surface area contributed by atoms with Crippen LogP contribution in [-0.4, -0.2) is 41.0 Å². The van der Waals surface area contributed by atoms with E-state index < -0.39 is 17.6 Å². The van der Waals surface area contributed by atoms with Crippen molar-refractivity contribution in [3.05, 3.63) is 68.9 Å². The quantitative estimate of drug-likeness (QED) is 0.608. The van der Waals surface area contributed by atoms with E-state index in [1.807, 2.05) is 4.90 Å². The van der Waals surface area contributed by atoms with Crippen LogP contribution in [0.25, 0.3) is 10.9 Å². The summed E-state index contributed by atoms with van der Waals surface area (Å²) in [4.78, 5) is 41.6. The maximum atomic E-state index is 12.7. The summed E-state index contributed by atoms with van der Waals surface area (Å²) in [6.07, 6.45) is -4.17. The van der Waals surface area contributed by atoms with Gasteiger partial charge in [0.2, 0.25) is 0 Å². The van der Waals surface area contributed by atoms with Crippen LogP contribution in [0.15, 0.2) is 52.1 Å². The minimum Gasteiger partial charge on any atom is -0.406 e. The van der Waals surface area contributed by atoms with Gasteiger partial charge in [-0.05, 0) is 43.7 Å². The van der Waals surface area contributed by atoms with Crippen LogP contribution in [0.4, 0.5) is 18.9 Å². The number of anilines is 1. The highest BCUT2D eigenvalue weighted by molar-refractivity contribution is 5.97. The van der Waals surface area contributed by atoms with Crippen molar-refractivity contribution in [2.24, 2.45) is 0 Å². The predicted octanol–water partition coefficient (Wildman–Crippen LogP) is 2.62. The molecule has 1 amide bonds. The summed E-state index contributed by atoms with van der Waals surface area (Å²) in [7, 11) is 0. The molecule has 2 heterocycles. The summed E-state index contributed by atoms with van der Waals surface area (Å²) < 4.78 is 42.5. The number of halogens is 3. The van der Waals surface area contributed by atoms with E-state index in [1.54, 1.807) is 13.0 Å². The molecule has 1 fully saturated rings. The second kappa shape index (κ2) is 8.64. The van der Waals surface area contributed by atoms with Gasteiger partial charge in [-0.15, -0.1) is 13.2 Å². The van der Waals surface area contributed by atoms with Gasteiger partial charge in [-0.25, -0.2) is 4.79 Å². The van der Waals surface area contributed by atoms with E-state index in [4.69, 9.17) is 0 Å². The maximum absolute atomic E-state index is 12.7. The van der Waals surface area contributed by atoms with E-state index in [0.717, 1.165) is 4.57 Å². The van der Waals surface area contributed by atoms with Crippen LogP contribution in [-0.2, 0) is 6.54 Å². The molecule has 1 aromatic heterocycles. The molecule has 1 atom stereocenters. The molecule has 0 spiro atoms. The molecule has 4 rings (SSSR count). The van der Waals surface area contributed by atoms with Gasteiger partial charge >= 0.3 is 12.1 Å². The minimum absolute atomic E-state index is 0.229. The lowest BCUT2D eigenvalue weighted by molar-refractivity contribution is -0.274. The fourth-order valence-electron chi connectivity index (χ4n) is 3.94. The normalized spacial score (nSPS) is 16.2. The maximum Gasteiger partial charge on any atom is 0.573 e. The Morgan fingerprint density at radius 2 is 2.00 bits per heavy atom. The van der Waals surface area contributed by atoms with Gasteiger partial charge in [-0.2, -0.15) is 0 Å². The molecule has 174 valence electrons. The lowest BCUT2D eigenvalue weighted by Gasteiger charge is -2.20. The number of alkyl halides is 3. The van der Waals surface area contributed by atoms with E-state index in [-0.39, 0.29) is 35.3 Å². The number of amides is 1. The number of aromatic amines is 1. The van der Waals surface area contributed by atoms with Crippen LogP contribution in [0.2, 0.25) is 0 Å². The van der Waals surface area contributed by atoms with Gasteiger partial charge in [0.1, 0.15) is 5.75 Å². The molecule has 0 aliphatic carbocycles. The van der Waals surface area contributed by atoms with Gasteiger partial charge in [-0.1, -0.05) is 6.07 Å². The molecule has 1 aliphatic heterocycles. The number of rotatable bonds is 5. The summed E-state index contributed by atoms with van der Waals surface area (Å²) in [5.74, 6) is -0.682. The first-order valence-corrected chi connectivity index (χ1v) is 10.3. The first kappa shape index (κ1) is 22.4. The third-order valence-corrected chi connectivity index (χ3v) is 5.50. The van der Waals surface area contributed by atoms with Crippen LogP contribution in [0.1, 0.15) is 23.7 Å². The highest BCUT2D eigenvalue weighted by Gasteiger charge is 2.31. The van der Waals surface area contributed by atoms with Crippen molar-refractivity contribution in [3.63, 3.8) is 0 Å². The smallest absolute Gasteiger partial charge is 0.406 e. The standard InChI is InChI=1S/C22H21F3N4O4/c1-2-29-20(31)17-7-6-13(10-18(17)27-21(29)32)19(30)26-14-8-9-28(12-14)15-4-3-5-16(11-15)33-22(23,24)25/h3-7,10-11,14H,2,8-9,12H2,1H3,(H,26,30)(H,27,32). The lowest BCUT2D eigenvalue weighted by atomic mass is 10.1. The van der Waals surface area contributed by atoms with E-state index in [2.05, 4.69) is 15.0 Å². The summed E-state index contributed by atoms with van der Waals surface area (Å²) in [5.41, 5.74) is 0.147. The Kier molecular flexibility index (Phi) is 5.88. The van der Waals surface area contributed by atoms with Crippen molar-refractivity contribution in [2.45, 2.75) is 32.3 Å². The number of benzene rings is 2. The number of H-pyrrole nitrogens is 1. The van der Waals surface area contributed by atoms with Crippen LogP contribution in [0.3, 0.4) is 0 Å². The van der Waals surface area contributed by atoms with E-state index in [1.165, 1.54) is 36.4 Å². The third kappa shape index (κ3) is 4.86. The zero-order chi connectivity index (χ0) is 23.8. The highest BCUT2D eigenvalue weighted by atomic mass is 19.4. The molecule has 2 aromatic carbocycles. The zero-order valence-corrected chi connectivity index (χ0v) is 17.6. The van der Waals surface area contributed by atoms with Gasteiger partial charge in [-0.3, -0.25) is 14.2 Å². The highest BCUT2D eigenvalue weighted by Crippen LogP contribution is 2.28. The first-order valence-electron chi connectivity index (χ1n) is 10.3. The molecule has 0 saturated carbocycles. The van der Waals surface area contributed by atoms with Crippen LogP contribution < -0.4 is 26.2 Å². The van der Waals surface area contributed by atoms with E-state index in [9.17, 15) is 27.6 Å². The average Bonchev–Trinajstić information content (AvgIpc) is 3.21. The molecule has 1 aliphatic rings. The van der Waals surface area contributed by atoms with Gasteiger partial charge in [0.25, 0.3) is 11.5 Å². The van der Waals surface area contributed by atoms with E-state index >= 15 is 0 Å². The Morgan fingerprint density at radius 1 is 1.21 bits per heavy atom. The monoisotopic (exact) mass is 462 g/mol. The Labute approximate surface area is 185 Å². The lowest BCUT2D eigenvalue weighted by Crippen LogP contribution is -2.37. The number of nitrogens with one attached hydrogen (secondary N) is 2. The fourth-order valence-corrected chi connectivity index (χ4v) is 3.94. The predicted molar refractivity (Wildman–Crippen MR) is 116 cm³/mol. The summed E-state index contributed by atoms with van der Waals surface area (Å²) in [5, 5.41) is 3.20. The minimum atomic E-state index is -4.77. The van der Waals surface area contributed by atoms with Crippen LogP contribution in [0, 0.1) is 0 Å². The number of ether oxygens (including phenoxy) is 1. The summed E-state index contributed by atoms with van der Waals surface area (Å²) in [6.45, 7) is 2.87. The Morgan fingerprint density at radius 3 is 2.73 bits per heavy atom. The van der Waals surface area contributed by atoms with Crippen molar-refractivity contribution in [1.29, 1.82) is 0 Å². The van der Waals surface area contributed by atoms with Crippen molar-refractivity contribution in [3.8, 4) is 5.75 Å². The van der Waals surface area contributed by atoms with Crippen LogP contribution >= 0.6 is 0 Å². The molecule has 11 heteroatoms. The van der Waals surface area contributed by atoms with Gasteiger partial charge < -0.3 is 19.9 Å². The number of hydrogen-bond donors (Lipinski definition) is 2. The van der Waals surface area contributed by atoms with Gasteiger partial charge in [0.15, 0.2) is 0 Å². The Bertz CT molecular complexity index is 1320. The molecule has 33 heavy (non-hydrogen) atoms. The third-order valence-electron chi connectivity index (χ3n) is 5.50. The number of carbonyl (C=O) groups excluding carboxylic acids is 1. The van der Waals surface area contributed by atoms with Crippen molar-refractivity contribution in [2.75, 3.05) is 18.0 Å². The second-order valence-electron chi connectivity index (χ2n) is 7.69. The molecular weight excluding hydrogens is 441 g/mol.